The Morgan fingerprint density at radius 2 is 1.89 bits per heavy atom. The molecule has 5 heteroatoms. The number of hydrogen-bond acceptors (Lipinski definition) is 2. The van der Waals surface area contributed by atoms with E-state index in [9.17, 15) is 13.2 Å². The molecule has 2 nitrogen and oxygen atoms in total. The summed E-state index contributed by atoms with van der Waals surface area (Å²) in [7, 11) is 0. The van der Waals surface area contributed by atoms with Crippen LogP contribution in [0.2, 0.25) is 0 Å². The van der Waals surface area contributed by atoms with Crippen molar-refractivity contribution in [1.29, 1.82) is 0 Å². The second kappa shape index (κ2) is 6.16. The molecule has 142 valence electrons. The molecule has 28 heavy (non-hydrogen) atoms. The standard InChI is InChI=1S/C23H19F3N2/c24-23(25,26)17-6-1-4-15(12-17)21-19-13-22(19,21)10-9-18-7-2-8-20(28-18)16-5-3-11-27-14-16/h1-8,11-12,14,19,21H,9-10,13H2. The maximum Gasteiger partial charge on any atom is 0.416 e. The third-order valence-electron chi connectivity index (χ3n) is 6.27. The smallest absolute Gasteiger partial charge is 0.264 e. The van der Waals surface area contributed by atoms with Crippen molar-refractivity contribution in [3.8, 4) is 11.3 Å². The third-order valence-corrected chi connectivity index (χ3v) is 6.27. The van der Waals surface area contributed by atoms with Gasteiger partial charge in [-0.15, -0.1) is 0 Å². The molecule has 2 saturated carbocycles. The molecule has 3 aromatic rings. The van der Waals surface area contributed by atoms with Gasteiger partial charge in [0.1, 0.15) is 0 Å². The summed E-state index contributed by atoms with van der Waals surface area (Å²) in [5, 5.41) is 0. The quantitative estimate of drug-likeness (QED) is 0.551. The number of aromatic nitrogens is 2. The average Bonchev–Trinajstić information content (AvgIpc) is 3.57. The number of benzene rings is 1. The van der Waals surface area contributed by atoms with Gasteiger partial charge in [-0.2, -0.15) is 13.2 Å². The van der Waals surface area contributed by atoms with Gasteiger partial charge in [0.15, 0.2) is 0 Å². The third kappa shape index (κ3) is 2.99. The predicted octanol–water partition coefficient (Wildman–Crippen LogP) is 5.90. The van der Waals surface area contributed by atoms with Gasteiger partial charge in [-0.05, 0) is 72.4 Å². The summed E-state index contributed by atoms with van der Waals surface area (Å²) in [6, 6.07) is 15.7. The van der Waals surface area contributed by atoms with Gasteiger partial charge in [-0.1, -0.05) is 24.3 Å². The number of fused-ring (bicyclic) bond motifs is 1. The van der Waals surface area contributed by atoms with E-state index >= 15 is 0 Å². The summed E-state index contributed by atoms with van der Waals surface area (Å²) < 4.78 is 39.0. The van der Waals surface area contributed by atoms with Crippen LogP contribution in [0.5, 0.6) is 0 Å². The molecule has 0 saturated heterocycles. The average molecular weight is 380 g/mol. The molecule has 3 atom stereocenters. The number of rotatable bonds is 5. The molecule has 2 fully saturated rings. The van der Waals surface area contributed by atoms with Crippen LogP contribution < -0.4 is 0 Å². The lowest BCUT2D eigenvalue weighted by molar-refractivity contribution is -0.137. The SMILES string of the molecule is FC(F)(F)c1cccc(C2C3CC32CCc2cccc(-c3cccnc3)n2)c1. The molecule has 5 rings (SSSR count). The number of halogens is 3. The summed E-state index contributed by atoms with van der Waals surface area (Å²) in [6.07, 6.45) is 2.20. The Hall–Kier alpha value is -2.69. The fourth-order valence-corrected chi connectivity index (χ4v) is 4.58. The topological polar surface area (TPSA) is 25.8 Å². The van der Waals surface area contributed by atoms with Gasteiger partial charge in [-0.25, -0.2) is 0 Å². The minimum atomic E-state index is -4.28. The summed E-state index contributed by atoms with van der Waals surface area (Å²) in [5.41, 5.74) is 3.40. The largest absolute Gasteiger partial charge is 0.416 e. The van der Waals surface area contributed by atoms with Crippen LogP contribution in [-0.4, -0.2) is 9.97 Å². The van der Waals surface area contributed by atoms with E-state index in [-0.39, 0.29) is 11.3 Å². The first kappa shape index (κ1) is 17.4. The molecule has 2 aliphatic rings. The summed E-state index contributed by atoms with van der Waals surface area (Å²) in [4.78, 5) is 8.89. The minimum Gasteiger partial charge on any atom is -0.264 e. The van der Waals surface area contributed by atoms with Crippen LogP contribution in [0.3, 0.4) is 0 Å². The van der Waals surface area contributed by atoms with E-state index in [2.05, 4.69) is 4.98 Å². The first-order valence-corrected chi connectivity index (χ1v) is 9.51. The van der Waals surface area contributed by atoms with Gasteiger partial charge in [-0.3, -0.25) is 9.97 Å². The van der Waals surface area contributed by atoms with Crippen molar-refractivity contribution in [2.45, 2.75) is 31.4 Å². The summed E-state index contributed by atoms with van der Waals surface area (Å²) >= 11 is 0. The van der Waals surface area contributed by atoms with Gasteiger partial charge in [0, 0.05) is 23.7 Å². The van der Waals surface area contributed by atoms with E-state index in [1.165, 1.54) is 12.1 Å². The molecule has 2 heterocycles. The van der Waals surface area contributed by atoms with Gasteiger partial charge < -0.3 is 0 Å². The highest BCUT2D eigenvalue weighted by Crippen LogP contribution is 2.86. The second-order valence-corrected chi connectivity index (χ2v) is 7.90. The van der Waals surface area contributed by atoms with E-state index in [1.807, 2.05) is 36.4 Å². The molecule has 0 spiro atoms. The maximum atomic E-state index is 13.0. The van der Waals surface area contributed by atoms with E-state index in [0.717, 1.165) is 47.8 Å². The van der Waals surface area contributed by atoms with Crippen LogP contribution in [0.15, 0.2) is 67.0 Å². The predicted molar refractivity (Wildman–Crippen MR) is 101 cm³/mol. The van der Waals surface area contributed by atoms with Gasteiger partial charge in [0.2, 0.25) is 0 Å². The number of pyridine rings is 2. The Balaban J connectivity index is 1.28. The lowest BCUT2D eigenvalue weighted by Crippen LogP contribution is -2.07. The van der Waals surface area contributed by atoms with Crippen molar-refractivity contribution in [2.24, 2.45) is 11.3 Å². The van der Waals surface area contributed by atoms with Gasteiger partial charge >= 0.3 is 6.18 Å². The van der Waals surface area contributed by atoms with E-state index in [1.54, 1.807) is 12.4 Å². The molecule has 1 aromatic carbocycles. The van der Waals surface area contributed by atoms with E-state index in [0.29, 0.717) is 5.92 Å². The number of hydrogen-bond donors (Lipinski definition) is 0. The van der Waals surface area contributed by atoms with Crippen molar-refractivity contribution < 1.29 is 13.2 Å². The number of alkyl halides is 3. The van der Waals surface area contributed by atoms with Crippen molar-refractivity contribution in [1.82, 2.24) is 9.97 Å². The maximum absolute atomic E-state index is 13.0. The number of nitrogens with zero attached hydrogens (tertiary/aromatic N) is 2. The van der Waals surface area contributed by atoms with Crippen molar-refractivity contribution in [3.63, 3.8) is 0 Å². The van der Waals surface area contributed by atoms with E-state index in [4.69, 9.17) is 4.98 Å². The fraction of sp³-hybridized carbons (Fsp3) is 0.304. The zero-order valence-corrected chi connectivity index (χ0v) is 15.2. The highest BCUT2D eigenvalue weighted by atomic mass is 19.4. The van der Waals surface area contributed by atoms with Gasteiger partial charge in [0.05, 0.1) is 11.3 Å². The van der Waals surface area contributed by atoms with Crippen LogP contribution >= 0.6 is 0 Å². The molecular formula is C23H19F3N2. The summed E-state index contributed by atoms with van der Waals surface area (Å²) in [6.45, 7) is 0. The monoisotopic (exact) mass is 380 g/mol. The normalized spacial score (nSPS) is 25.2. The molecule has 0 aliphatic heterocycles. The van der Waals surface area contributed by atoms with E-state index < -0.39 is 11.7 Å². The molecule has 0 amide bonds. The highest BCUT2D eigenvalue weighted by Gasteiger charge is 2.77. The first-order chi connectivity index (χ1) is 13.5. The molecule has 0 radical (unpaired) electrons. The zero-order chi connectivity index (χ0) is 19.4. The fourth-order valence-electron chi connectivity index (χ4n) is 4.58. The van der Waals surface area contributed by atoms with Crippen LogP contribution in [0.1, 0.15) is 35.6 Å². The lowest BCUT2D eigenvalue weighted by Gasteiger charge is -2.14. The Kier molecular flexibility index (Phi) is 3.83. The Labute approximate surface area is 161 Å². The zero-order valence-electron chi connectivity index (χ0n) is 15.2. The Morgan fingerprint density at radius 1 is 1.04 bits per heavy atom. The molecule has 0 bridgehead atoms. The molecular weight excluding hydrogens is 361 g/mol. The van der Waals surface area contributed by atoms with Crippen molar-refractivity contribution >= 4 is 0 Å². The van der Waals surface area contributed by atoms with Gasteiger partial charge in [0.25, 0.3) is 0 Å². The number of aryl methyl sites for hydroxylation is 1. The van der Waals surface area contributed by atoms with Crippen LogP contribution in [0, 0.1) is 11.3 Å². The minimum absolute atomic E-state index is 0.191. The Bertz CT molecular complexity index is 1020. The Morgan fingerprint density at radius 3 is 2.64 bits per heavy atom. The van der Waals surface area contributed by atoms with Crippen molar-refractivity contribution in [2.75, 3.05) is 0 Å². The summed E-state index contributed by atoms with van der Waals surface area (Å²) in [5.74, 6) is 0.814. The van der Waals surface area contributed by atoms with Crippen LogP contribution in [0.4, 0.5) is 13.2 Å². The highest BCUT2D eigenvalue weighted by molar-refractivity contribution is 5.57. The lowest BCUT2D eigenvalue weighted by atomic mass is 9.92. The van der Waals surface area contributed by atoms with Crippen LogP contribution in [0.25, 0.3) is 11.3 Å². The molecule has 2 aliphatic carbocycles. The molecule has 2 aromatic heterocycles. The molecule has 0 N–H and O–H groups in total. The first-order valence-electron chi connectivity index (χ1n) is 9.51. The second-order valence-electron chi connectivity index (χ2n) is 7.90. The molecule has 3 unspecified atom stereocenters. The van der Waals surface area contributed by atoms with Crippen LogP contribution in [-0.2, 0) is 12.6 Å². The van der Waals surface area contributed by atoms with Crippen molar-refractivity contribution in [3.05, 3.63) is 83.8 Å².